The summed E-state index contributed by atoms with van der Waals surface area (Å²) in [5.41, 5.74) is -2.87. The van der Waals surface area contributed by atoms with Crippen molar-refractivity contribution in [3.05, 3.63) is 58.2 Å². The van der Waals surface area contributed by atoms with Crippen LogP contribution in [0.2, 0.25) is 0 Å². The van der Waals surface area contributed by atoms with E-state index in [2.05, 4.69) is 38.4 Å². The third-order valence-corrected chi connectivity index (χ3v) is 6.00. The van der Waals surface area contributed by atoms with E-state index in [-0.39, 0.29) is 41.0 Å². The van der Waals surface area contributed by atoms with Gasteiger partial charge in [-0.05, 0) is 59.3 Å². The molecule has 1 unspecified atom stereocenters. The summed E-state index contributed by atoms with van der Waals surface area (Å²) in [5.74, 6) is 5.50. The lowest BCUT2D eigenvalue weighted by Gasteiger charge is -2.12. The summed E-state index contributed by atoms with van der Waals surface area (Å²) in [5, 5.41) is 14.9. The minimum Gasteiger partial charge on any atom is -0.495 e. The van der Waals surface area contributed by atoms with Gasteiger partial charge >= 0.3 is 5.51 Å². The van der Waals surface area contributed by atoms with Crippen LogP contribution in [0.5, 0.6) is 5.75 Å². The summed E-state index contributed by atoms with van der Waals surface area (Å²) >= 11 is 3.13. The number of hydrogen-bond donors (Lipinski definition) is 3. The van der Waals surface area contributed by atoms with Crippen molar-refractivity contribution in [2.45, 2.75) is 23.5 Å². The molecule has 0 saturated heterocycles. The highest BCUT2D eigenvalue weighted by molar-refractivity contribution is 9.10. The number of aliphatic hydroxyl groups is 1. The third kappa shape index (κ3) is 6.62. The number of nitrogens with one attached hydrogen (secondary N) is 2. The quantitative estimate of drug-likeness (QED) is 0.285. The van der Waals surface area contributed by atoms with Crippen molar-refractivity contribution in [1.29, 1.82) is 0 Å². The molecule has 1 aromatic carbocycles. The molecule has 34 heavy (non-hydrogen) atoms. The number of ether oxygens (including phenoxy) is 1. The maximum atomic E-state index is 13.1. The van der Waals surface area contributed by atoms with Gasteiger partial charge in [0.1, 0.15) is 10.8 Å². The number of rotatable bonds is 7. The van der Waals surface area contributed by atoms with E-state index in [0.29, 0.717) is 21.4 Å². The van der Waals surface area contributed by atoms with E-state index in [1.165, 1.54) is 30.6 Å². The normalized spacial score (nSPS) is 13.4. The van der Waals surface area contributed by atoms with Crippen molar-refractivity contribution in [2.24, 2.45) is 0 Å². The van der Waals surface area contributed by atoms with E-state index >= 15 is 0 Å². The number of alkyl halides is 3. The molecule has 0 aliphatic rings. The van der Waals surface area contributed by atoms with Gasteiger partial charge in [-0.25, -0.2) is 0 Å². The lowest BCUT2D eigenvalue weighted by atomic mass is 10.1. The molecule has 180 valence electrons. The van der Waals surface area contributed by atoms with E-state index < -0.39 is 17.5 Å². The van der Waals surface area contributed by atoms with Crippen LogP contribution < -0.4 is 15.4 Å². The van der Waals surface area contributed by atoms with Gasteiger partial charge in [0.25, 0.3) is 5.91 Å². The van der Waals surface area contributed by atoms with Crippen LogP contribution in [0.1, 0.15) is 24.2 Å². The fourth-order valence-electron chi connectivity index (χ4n) is 3.01. The van der Waals surface area contributed by atoms with Gasteiger partial charge in [0, 0.05) is 34.5 Å². The summed E-state index contributed by atoms with van der Waals surface area (Å²) < 4.78 is 54.2. The summed E-state index contributed by atoms with van der Waals surface area (Å²) in [6.07, 6.45) is -0.244. The predicted octanol–water partition coefficient (Wildman–Crippen LogP) is 4.90. The number of carbonyl (C=O) groups excluding carboxylic acids is 1. The molecule has 11 heteroatoms. The number of nitrogens with zero attached hydrogens (tertiary/aromatic N) is 1. The van der Waals surface area contributed by atoms with Gasteiger partial charge in [0.05, 0.1) is 37.9 Å². The molecular weight excluding hydrogens is 535 g/mol. The summed E-state index contributed by atoms with van der Waals surface area (Å²) in [7, 11) is 1.42. The number of pyridine rings is 1. The zero-order valence-corrected chi connectivity index (χ0v) is 20.5. The first kappa shape index (κ1) is 24.3. The lowest BCUT2D eigenvalue weighted by Crippen LogP contribution is -2.30. The molecule has 0 spiro atoms. The number of methoxy groups -OCH3 is 1. The van der Waals surface area contributed by atoms with Gasteiger partial charge in [-0.2, -0.15) is 13.2 Å². The average Bonchev–Trinajstić information content (AvgIpc) is 3.11. The number of anilines is 1. The molecule has 0 radical (unpaired) electrons. The first-order valence-electron chi connectivity index (χ1n) is 10.3. The highest BCUT2D eigenvalue weighted by Gasteiger charge is 2.32. The Morgan fingerprint density at radius 3 is 2.82 bits per heavy atom. The number of amides is 1. The Balaban J connectivity index is 1.76. The molecule has 2 aromatic heterocycles. The first-order valence-corrected chi connectivity index (χ1v) is 11.5. The molecule has 1 amide bonds. The second-order valence-corrected chi connectivity index (χ2v) is 8.92. The van der Waals surface area contributed by atoms with Gasteiger partial charge in [-0.3, -0.25) is 4.79 Å². The zero-order valence-electron chi connectivity index (χ0n) is 19.1. The van der Waals surface area contributed by atoms with Crippen molar-refractivity contribution < 1.29 is 29.2 Å². The van der Waals surface area contributed by atoms with Crippen molar-refractivity contribution in [1.82, 2.24) is 9.72 Å². The minimum atomic E-state index is -4.47. The average molecular weight is 557 g/mol. The number of thioether (sulfide) groups is 1. The van der Waals surface area contributed by atoms with Gasteiger partial charge in [-0.15, -0.1) is 0 Å². The molecule has 0 bridgehead atoms. The van der Waals surface area contributed by atoms with E-state index in [4.69, 9.17) is 6.11 Å². The lowest BCUT2D eigenvalue weighted by molar-refractivity contribution is -0.0329. The highest BCUT2D eigenvalue weighted by atomic mass is 79.9. The number of aromatic nitrogens is 1. The van der Waals surface area contributed by atoms with E-state index in [1.807, 2.05) is 0 Å². The predicted molar refractivity (Wildman–Crippen MR) is 129 cm³/mol. The fraction of sp³-hybridized carbons (Fsp3) is 0.261. The summed E-state index contributed by atoms with van der Waals surface area (Å²) in [6.45, 7) is 1.11. The Hall–Kier alpha value is -2.81. The first-order chi connectivity index (χ1) is 16.4. The van der Waals surface area contributed by atoms with Crippen LogP contribution in [0.4, 0.5) is 18.9 Å². The Morgan fingerprint density at radius 2 is 2.15 bits per heavy atom. The molecule has 3 rings (SSSR count). The largest absolute Gasteiger partial charge is 0.495 e. The fourth-order valence-corrected chi connectivity index (χ4v) is 4.16. The maximum absolute atomic E-state index is 13.1. The third-order valence-electron chi connectivity index (χ3n) is 4.48. The molecule has 2 heterocycles. The SMILES string of the molecule is [2H]C(C)(O)CNC(=O)c1ccc(NCC#Cc2cc3c(Br)cccn3c2SC(F)(F)F)c(OC)c1. The highest BCUT2D eigenvalue weighted by Crippen LogP contribution is 2.40. The summed E-state index contributed by atoms with van der Waals surface area (Å²) in [4.78, 5) is 12.2. The van der Waals surface area contributed by atoms with Crippen molar-refractivity contribution >= 4 is 44.8 Å². The van der Waals surface area contributed by atoms with Crippen molar-refractivity contribution in [3.8, 4) is 17.6 Å². The monoisotopic (exact) mass is 556 g/mol. The molecule has 0 aliphatic carbocycles. The molecule has 0 aliphatic heterocycles. The Bertz CT molecular complexity index is 1300. The second kappa shape index (κ2) is 11.1. The van der Waals surface area contributed by atoms with Crippen LogP contribution in [0.15, 0.2) is 52.1 Å². The molecule has 6 nitrogen and oxygen atoms in total. The van der Waals surface area contributed by atoms with Crippen LogP contribution in [0.25, 0.3) is 5.52 Å². The van der Waals surface area contributed by atoms with Gasteiger partial charge in [0.15, 0.2) is 0 Å². The van der Waals surface area contributed by atoms with E-state index in [0.717, 1.165) is 0 Å². The van der Waals surface area contributed by atoms with Crippen LogP contribution in [0.3, 0.4) is 0 Å². The standard InChI is InChI=1S/C23H21BrF3N3O3S/c1-14(31)13-29-21(32)15-7-8-18(20(12-15)33-2)28-9-3-5-16-11-19-17(24)6-4-10-30(19)22(16)34-23(25,26)27/h4,6-8,10-12,14,28,31H,9,13H2,1-2H3,(H,29,32)/i14D. The van der Waals surface area contributed by atoms with Gasteiger partial charge < -0.3 is 24.9 Å². The Kier molecular flexibility index (Phi) is 7.92. The Morgan fingerprint density at radius 1 is 1.38 bits per heavy atom. The van der Waals surface area contributed by atoms with Crippen molar-refractivity contribution in [2.75, 3.05) is 25.5 Å². The van der Waals surface area contributed by atoms with Gasteiger partial charge in [0.2, 0.25) is 0 Å². The van der Waals surface area contributed by atoms with Crippen LogP contribution in [0, 0.1) is 11.8 Å². The molecule has 3 N–H and O–H groups in total. The number of carbonyl (C=O) groups is 1. The molecule has 0 saturated carbocycles. The smallest absolute Gasteiger partial charge is 0.447 e. The number of halogens is 4. The molecular formula is C23H21BrF3N3O3S. The molecule has 3 aromatic rings. The number of fused-ring (bicyclic) bond motifs is 1. The maximum Gasteiger partial charge on any atom is 0.447 e. The van der Waals surface area contributed by atoms with E-state index in [1.54, 1.807) is 30.5 Å². The zero-order chi connectivity index (χ0) is 25.8. The Labute approximate surface area is 208 Å². The van der Waals surface area contributed by atoms with Crippen LogP contribution in [-0.2, 0) is 0 Å². The van der Waals surface area contributed by atoms with Crippen molar-refractivity contribution in [3.63, 3.8) is 0 Å². The minimum absolute atomic E-state index is 0.0269. The van der Waals surface area contributed by atoms with Crippen LogP contribution >= 0.6 is 27.7 Å². The van der Waals surface area contributed by atoms with E-state index in [9.17, 15) is 23.1 Å². The number of hydrogen-bond acceptors (Lipinski definition) is 5. The second-order valence-electron chi connectivity index (χ2n) is 7.01. The summed E-state index contributed by atoms with van der Waals surface area (Å²) in [6, 6.07) is 9.59. The molecule has 0 fully saturated rings. The topological polar surface area (TPSA) is 75.0 Å². The van der Waals surface area contributed by atoms with Gasteiger partial charge in [-0.1, -0.05) is 11.8 Å². The van der Waals surface area contributed by atoms with Crippen LogP contribution in [-0.4, -0.2) is 47.2 Å². The number of benzene rings is 1. The molecule has 1 atom stereocenters.